The van der Waals surface area contributed by atoms with Crippen LogP contribution in [0, 0.1) is 0 Å². The van der Waals surface area contributed by atoms with Gasteiger partial charge in [-0.15, -0.1) is 0 Å². The van der Waals surface area contributed by atoms with Gasteiger partial charge in [-0.1, -0.05) is 12.1 Å². The number of sulfonamides is 1. The Morgan fingerprint density at radius 1 is 1.10 bits per heavy atom. The van der Waals surface area contributed by atoms with Crippen molar-refractivity contribution in [3.05, 3.63) is 53.6 Å². The maximum atomic E-state index is 12.9. The van der Waals surface area contributed by atoms with E-state index >= 15 is 0 Å². The normalized spacial score (nSPS) is 11.5. The first-order chi connectivity index (χ1) is 14.7. The molecule has 0 aromatic heterocycles. The first-order valence-corrected chi connectivity index (χ1v) is 11.6. The van der Waals surface area contributed by atoms with E-state index in [1.165, 1.54) is 18.2 Å². The summed E-state index contributed by atoms with van der Waals surface area (Å²) in [5, 5.41) is 12.3. The number of hydrogen-bond acceptors (Lipinski definition) is 6. The molecule has 170 valence electrons. The van der Waals surface area contributed by atoms with Crippen LogP contribution in [0.2, 0.25) is 0 Å². The van der Waals surface area contributed by atoms with Gasteiger partial charge in [-0.05, 0) is 62.6 Å². The molecule has 0 atom stereocenters. The highest BCUT2D eigenvalue weighted by Gasteiger charge is 2.20. The van der Waals surface area contributed by atoms with Gasteiger partial charge in [0.1, 0.15) is 10.6 Å². The first kappa shape index (κ1) is 24.6. The van der Waals surface area contributed by atoms with Crippen molar-refractivity contribution in [2.75, 3.05) is 32.1 Å². The molecule has 2 aromatic carbocycles. The minimum absolute atomic E-state index is 0.0908. The van der Waals surface area contributed by atoms with Crippen molar-refractivity contribution in [2.45, 2.75) is 37.7 Å². The van der Waals surface area contributed by atoms with Gasteiger partial charge in [-0.2, -0.15) is 0 Å². The maximum Gasteiger partial charge on any atom is 0.335 e. The van der Waals surface area contributed by atoms with Crippen LogP contribution in [0.3, 0.4) is 0 Å². The van der Waals surface area contributed by atoms with Gasteiger partial charge >= 0.3 is 5.97 Å². The number of ether oxygens (including phenoxy) is 2. The number of methoxy groups -OCH3 is 1. The minimum atomic E-state index is -3.92. The van der Waals surface area contributed by atoms with Crippen LogP contribution in [-0.4, -0.2) is 52.4 Å². The smallest absolute Gasteiger partial charge is 0.335 e. The number of carboxylic acids is 1. The SMILES string of the molecule is COc1ccc(CCNS(=O)(=O)c2cc(C(=O)O)ccc2NCCCOC(C)C)cc1. The van der Waals surface area contributed by atoms with E-state index in [1.807, 2.05) is 38.1 Å². The van der Waals surface area contributed by atoms with Gasteiger partial charge in [0.2, 0.25) is 10.0 Å². The van der Waals surface area contributed by atoms with Gasteiger partial charge in [0.25, 0.3) is 0 Å². The van der Waals surface area contributed by atoms with E-state index in [0.717, 1.165) is 11.3 Å². The molecule has 0 saturated carbocycles. The third-order valence-corrected chi connectivity index (χ3v) is 5.97. The summed E-state index contributed by atoms with van der Waals surface area (Å²) < 4.78 is 39.0. The molecular weight excluding hydrogens is 420 g/mol. The Kier molecular flexibility index (Phi) is 9.29. The molecule has 0 spiro atoms. The van der Waals surface area contributed by atoms with Gasteiger partial charge in [0, 0.05) is 19.7 Å². The monoisotopic (exact) mass is 450 g/mol. The topological polar surface area (TPSA) is 114 Å². The Labute approximate surface area is 183 Å². The van der Waals surface area contributed by atoms with Gasteiger partial charge in [0.05, 0.1) is 24.5 Å². The third-order valence-electron chi connectivity index (χ3n) is 4.47. The summed E-state index contributed by atoms with van der Waals surface area (Å²) in [6.45, 7) is 5.10. The lowest BCUT2D eigenvalue weighted by molar-refractivity contribution is 0.0696. The van der Waals surface area contributed by atoms with Crippen LogP contribution in [-0.2, 0) is 21.2 Å². The maximum absolute atomic E-state index is 12.9. The van der Waals surface area contributed by atoms with Gasteiger partial charge in [-0.3, -0.25) is 0 Å². The molecule has 0 radical (unpaired) electrons. The molecule has 0 aliphatic rings. The van der Waals surface area contributed by atoms with Gasteiger partial charge in [-0.25, -0.2) is 17.9 Å². The van der Waals surface area contributed by atoms with E-state index in [-0.39, 0.29) is 23.1 Å². The predicted molar refractivity (Wildman–Crippen MR) is 119 cm³/mol. The lowest BCUT2D eigenvalue weighted by Crippen LogP contribution is -2.27. The van der Waals surface area contributed by atoms with Crippen molar-refractivity contribution in [3.8, 4) is 5.75 Å². The number of benzene rings is 2. The molecule has 31 heavy (non-hydrogen) atoms. The van der Waals surface area contributed by atoms with E-state index < -0.39 is 16.0 Å². The van der Waals surface area contributed by atoms with Crippen molar-refractivity contribution in [3.63, 3.8) is 0 Å². The Balaban J connectivity index is 2.07. The summed E-state index contributed by atoms with van der Waals surface area (Å²) >= 11 is 0. The highest BCUT2D eigenvalue weighted by molar-refractivity contribution is 7.89. The van der Waals surface area contributed by atoms with Crippen LogP contribution in [0.15, 0.2) is 47.4 Å². The Morgan fingerprint density at radius 3 is 2.42 bits per heavy atom. The number of carbonyl (C=O) groups is 1. The summed E-state index contributed by atoms with van der Waals surface area (Å²) in [4.78, 5) is 11.3. The molecular formula is C22H30N2O6S. The van der Waals surface area contributed by atoms with Crippen molar-refractivity contribution in [2.24, 2.45) is 0 Å². The average molecular weight is 451 g/mol. The number of rotatable bonds is 13. The molecule has 0 fully saturated rings. The Bertz CT molecular complexity index is 958. The molecule has 2 aromatic rings. The molecule has 0 heterocycles. The van der Waals surface area contributed by atoms with E-state index in [2.05, 4.69) is 10.0 Å². The molecule has 0 unspecified atom stereocenters. The highest BCUT2D eigenvalue weighted by atomic mass is 32.2. The van der Waals surface area contributed by atoms with Gasteiger partial charge < -0.3 is 19.9 Å². The Morgan fingerprint density at radius 2 is 1.81 bits per heavy atom. The molecule has 9 heteroatoms. The zero-order valence-corrected chi connectivity index (χ0v) is 18.9. The molecule has 0 bridgehead atoms. The second-order valence-electron chi connectivity index (χ2n) is 7.21. The van der Waals surface area contributed by atoms with Crippen molar-refractivity contribution < 1.29 is 27.8 Å². The molecule has 8 nitrogen and oxygen atoms in total. The first-order valence-electron chi connectivity index (χ1n) is 10.1. The van der Waals surface area contributed by atoms with Crippen LogP contribution in [0.1, 0.15) is 36.2 Å². The third kappa shape index (κ3) is 7.86. The molecule has 0 amide bonds. The zero-order chi connectivity index (χ0) is 22.9. The van der Waals surface area contributed by atoms with Gasteiger partial charge in [0.15, 0.2) is 0 Å². The van der Waals surface area contributed by atoms with Crippen LogP contribution in [0.5, 0.6) is 5.75 Å². The summed E-state index contributed by atoms with van der Waals surface area (Å²) in [6, 6.07) is 11.4. The fourth-order valence-electron chi connectivity index (χ4n) is 2.84. The predicted octanol–water partition coefficient (Wildman–Crippen LogP) is 3.14. The van der Waals surface area contributed by atoms with Crippen molar-refractivity contribution in [1.82, 2.24) is 4.72 Å². The summed E-state index contributed by atoms with van der Waals surface area (Å²) in [5.41, 5.74) is 1.21. The number of nitrogens with one attached hydrogen (secondary N) is 2. The minimum Gasteiger partial charge on any atom is -0.497 e. The number of hydrogen-bond donors (Lipinski definition) is 3. The van der Waals surface area contributed by atoms with Crippen LogP contribution in [0.4, 0.5) is 5.69 Å². The number of anilines is 1. The number of carboxylic acid groups (broad SMARTS) is 1. The second kappa shape index (κ2) is 11.7. The van der Waals surface area contributed by atoms with Crippen molar-refractivity contribution in [1.29, 1.82) is 0 Å². The lowest BCUT2D eigenvalue weighted by atomic mass is 10.1. The molecule has 0 aliphatic carbocycles. The van der Waals surface area contributed by atoms with Crippen LogP contribution in [0.25, 0.3) is 0 Å². The molecule has 0 saturated heterocycles. The van der Waals surface area contributed by atoms with Crippen molar-refractivity contribution >= 4 is 21.7 Å². The van der Waals surface area contributed by atoms with E-state index in [1.54, 1.807) is 7.11 Å². The van der Waals surface area contributed by atoms with E-state index in [0.29, 0.717) is 31.7 Å². The lowest BCUT2D eigenvalue weighted by Gasteiger charge is -2.15. The van der Waals surface area contributed by atoms with Crippen LogP contribution < -0.4 is 14.8 Å². The quantitative estimate of drug-likeness (QED) is 0.402. The molecule has 3 N–H and O–H groups in total. The average Bonchev–Trinajstić information content (AvgIpc) is 2.73. The standard InChI is InChI=1S/C22H30N2O6S/c1-16(2)30-14-4-12-23-20-10-7-18(22(25)26)15-21(20)31(27,28)24-13-11-17-5-8-19(29-3)9-6-17/h5-10,15-16,23-24H,4,11-14H2,1-3H3,(H,25,26). The zero-order valence-electron chi connectivity index (χ0n) is 18.1. The fraction of sp³-hybridized carbons (Fsp3) is 0.409. The largest absolute Gasteiger partial charge is 0.497 e. The van der Waals surface area contributed by atoms with E-state index in [4.69, 9.17) is 9.47 Å². The van der Waals surface area contributed by atoms with Crippen LogP contribution >= 0.6 is 0 Å². The molecule has 0 aliphatic heterocycles. The second-order valence-corrected chi connectivity index (χ2v) is 8.95. The Hall–Kier alpha value is -2.62. The fourth-order valence-corrected chi connectivity index (χ4v) is 4.08. The summed E-state index contributed by atoms with van der Waals surface area (Å²) in [6.07, 6.45) is 1.29. The number of aromatic carboxylic acids is 1. The summed E-state index contributed by atoms with van der Waals surface area (Å²) in [5.74, 6) is -0.462. The summed E-state index contributed by atoms with van der Waals surface area (Å²) in [7, 11) is -2.34. The highest BCUT2D eigenvalue weighted by Crippen LogP contribution is 2.23. The molecule has 2 rings (SSSR count). The van der Waals surface area contributed by atoms with E-state index in [9.17, 15) is 18.3 Å².